The standard InChI is InChI=1S/C16H24ClN/c1-3-12-6-4-5-7-13(12)16(18)14-9-8-11(2)10-15(14)17/h8-10,12-13,16H,3-7,18H2,1-2H3. The number of hydrogen-bond donors (Lipinski definition) is 1. The zero-order valence-electron chi connectivity index (χ0n) is 11.5. The lowest BCUT2D eigenvalue weighted by Gasteiger charge is -2.35. The first kappa shape index (κ1) is 13.9. The van der Waals surface area contributed by atoms with Crippen molar-refractivity contribution >= 4 is 11.6 Å². The van der Waals surface area contributed by atoms with Crippen LogP contribution in [0, 0.1) is 18.8 Å². The zero-order chi connectivity index (χ0) is 13.1. The Morgan fingerprint density at radius 2 is 2.06 bits per heavy atom. The molecule has 1 aromatic carbocycles. The molecule has 2 heteroatoms. The van der Waals surface area contributed by atoms with Crippen LogP contribution >= 0.6 is 11.6 Å². The van der Waals surface area contributed by atoms with Crippen LogP contribution in [0.1, 0.15) is 56.2 Å². The monoisotopic (exact) mass is 265 g/mol. The molecule has 0 heterocycles. The van der Waals surface area contributed by atoms with Gasteiger partial charge in [-0.05, 0) is 42.4 Å². The first-order valence-electron chi connectivity index (χ1n) is 7.15. The Hall–Kier alpha value is -0.530. The molecule has 1 nitrogen and oxygen atoms in total. The van der Waals surface area contributed by atoms with Crippen LogP contribution in [0.25, 0.3) is 0 Å². The van der Waals surface area contributed by atoms with Crippen LogP contribution in [0.4, 0.5) is 0 Å². The smallest absolute Gasteiger partial charge is 0.0456 e. The lowest BCUT2D eigenvalue weighted by Crippen LogP contribution is -2.30. The molecule has 2 N–H and O–H groups in total. The molecule has 0 bridgehead atoms. The molecular formula is C16H24ClN. The highest BCUT2D eigenvalue weighted by Crippen LogP contribution is 2.40. The summed E-state index contributed by atoms with van der Waals surface area (Å²) in [4.78, 5) is 0. The summed E-state index contributed by atoms with van der Waals surface area (Å²) in [6, 6.07) is 6.36. The summed E-state index contributed by atoms with van der Waals surface area (Å²) in [6.45, 7) is 4.35. The van der Waals surface area contributed by atoms with E-state index in [0.29, 0.717) is 5.92 Å². The van der Waals surface area contributed by atoms with E-state index in [1.54, 1.807) is 0 Å². The SMILES string of the molecule is CCC1CCCCC1C(N)c1ccc(C)cc1Cl. The molecule has 0 amide bonds. The van der Waals surface area contributed by atoms with E-state index in [9.17, 15) is 0 Å². The minimum Gasteiger partial charge on any atom is -0.324 e. The van der Waals surface area contributed by atoms with E-state index >= 15 is 0 Å². The van der Waals surface area contributed by atoms with Gasteiger partial charge in [-0.2, -0.15) is 0 Å². The summed E-state index contributed by atoms with van der Waals surface area (Å²) in [5, 5.41) is 0.836. The maximum absolute atomic E-state index is 6.50. The van der Waals surface area contributed by atoms with E-state index in [1.807, 2.05) is 6.07 Å². The van der Waals surface area contributed by atoms with Gasteiger partial charge in [-0.3, -0.25) is 0 Å². The van der Waals surface area contributed by atoms with Gasteiger partial charge in [-0.25, -0.2) is 0 Å². The first-order chi connectivity index (χ1) is 8.63. The molecule has 1 fully saturated rings. The molecule has 2 rings (SSSR count). The lowest BCUT2D eigenvalue weighted by molar-refractivity contribution is 0.196. The summed E-state index contributed by atoms with van der Waals surface area (Å²) in [7, 11) is 0. The second-order valence-corrected chi connectivity index (χ2v) is 6.07. The normalized spacial score (nSPS) is 26.0. The third kappa shape index (κ3) is 2.89. The summed E-state index contributed by atoms with van der Waals surface area (Å²) < 4.78 is 0. The summed E-state index contributed by atoms with van der Waals surface area (Å²) in [5.74, 6) is 1.37. The lowest BCUT2D eigenvalue weighted by atomic mass is 9.72. The predicted molar refractivity (Wildman–Crippen MR) is 78.9 cm³/mol. The highest BCUT2D eigenvalue weighted by Gasteiger charge is 2.30. The minimum atomic E-state index is 0.100. The average Bonchev–Trinajstić information content (AvgIpc) is 2.38. The second-order valence-electron chi connectivity index (χ2n) is 5.67. The van der Waals surface area contributed by atoms with Gasteiger partial charge in [-0.1, -0.05) is 56.3 Å². The quantitative estimate of drug-likeness (QED) is 0.829. The van der Waals surface area contributed by atoms with Gasteiger partial charge in [0.2, 0.25) is 0 Å². The highest BCUT2D eigenvalue weighted by molar-refractivity contribution is 6.31. The van der Waals surface area contributed by atoms with Crippen LogP contribution in [-0.4, -0.2) is 0 Å². The van der Waals surface area contributed by atoms with Gasteiger partial charge in [0, 0.05) is 11.1 Å². The fraction of sp³-hybridized carbons (Fsp3) is 0.625. The van der Waals surface area contributed by atoms with Crippen LogP contribution in [-0.2, 0) is 0 Å². The largest absolute Gasteiger partial charge is 0.324 e. The average molecular weight is 266 g/mol. The van der Waals surface area contributed by atoms with Crippen LogP contribution in [0.2, 0.25) is 5.02 Å². The first-order valence-corrected chi connectivity index (χ1v) is 7.53. The van der Waals surface area contributed by atoms with Gasteiger partial charge >= 0.3 is 0 Å². The Morgan fingerprint density at radius 1 is 1.33 bits per heavy atom. The third-order valence-corrected chi connectivity index (χ3v) is 4.80. The molecule has 3 unspecified atom stereocenters. The molecule has 18 heavy (non-hydrogen) atoms. The Bertz CT molecular complexity index is 402. The number of nitrogens with two attached hydrogens (primary N) is 1. The van der Waals surface area contributed by atoms with Crippen molar-refractivity contribution in [2.75, 3.05) is 0 Å². The molecule has 0 aromatic heterocycles. The maximum atomic E-state index is 6.50. The van der Waals surface area contributed by atoms with Crippen molar-refractivity contribution in [1.29, 1.82) is 0 Å². The molecule has 1 saturated carbocycles. The van der Waals surface area contributed by atoms with Crippen molar-refractivity contribution in [3.05, 3.63) is 34.3 Å². The predicted octanol–water partition coefficient (Wildman–Crippen LogP) is 4.86. The molecule has 3 atom stereocenters. The topological polar surface area (TPSA) is 26.0 Å². The Balaban J connectivity index is 2.20. The van der Waals surface area contributed by atoms with Crippen molar-refractivity contribution in [1.82, 2.24) is 0 Å². The van der Waals surface area contributed by atoms with Crippen LogP contribution in [0.5, 0.6) is 0 Å². The molecule has 100 valence electrons. The zero-order valence-corrected chi connectivity index (χ0v) is 12.2. The molecule has 0 saturated heterocycles. The molecule has 0 aliphatic heterocycles. The Labute approximate surface area is 116 Å². The van der Waals surface area contributed by atoms with E-state index in [4.69, 9.17) is 17.3 Å². The minimum absolute atomic E-state index is 0.100. The molecule has 0 radical (unpaired) electrons. The van der Waals surface area contributed by atoms with Gasteiger partial charge in [-0.15, -0.1) is 0 Å². The Kier molecular flexibility index (Phi) is 4.69. The number of aryl methyl sites for hydroxylation is 1. The fourth-order valence-electron chi connectivity index (χ4n) is 3.35. The van der Waals surface area contributed by atoms with E-state index < -0.39 is 0 Å². The molecule has 1 aliphatic carbocycles. The maximum Gasteiger partial charge on any atom is 0.0456 e. The van der Waals surface area contributed by atoms with Crippen molar-refractivity contribution in [2.45, 2.75) is 52.0 Å². The highest BCUT2D eigenvalue weighted by atomic mass is 35.5. The van der Waals surface area contributed by atoms with E-state index in [0.717, 1.165) is 16.5 Å². The van der Waals surface area contributed by atoms with Crippen LogP contribution in [0.3, 0.4) is 0 Å². The van der Waals surface area contributed by atoms with Crippen molar-refractivity contribution in [3.63, 3.8) is 0 Å². The number of benzene rings is 1. The summed E-state index contributed by atoms with van der Waals surface area (Å²) >= 11 is 6.35. The number of halogens is 1. The van der Waals surface area contributed by atoms with E-state index in [2.05, 4.69) is 26.0 Å². The van der Waals surface area contributed by atoms with Gasteiger partial charge in [0.05, 0.1) is 0 Å². The van der Waals surface area contributed by atoms with Crippen molar-refractivity contribution < 1.29 is 0 Å². The fourth-order valence-corrected chi connectivity index (χ4v) is 3.71. The van der Waals surface area contributed by atoms with Gasteiger partial charge < -0.3 is 5.73 Å². The Morgan fingerprint density at radius 3 is 2.72 bits per heavy atom. The second kappa shape index (κ2) is 6.08. The van der Waals surface area contributed by atoms with Crippen molar-refractivity contribution in [3.8, 4) is 0 Å². The number of hydrogen-bond acceptors (Lipinski definition) is 1. The third-order valence-electron chi connectivity index (χ3n) is 4.47. The molecule has 1 aromatic rings. The van der Waals surface area contributed by atoms with Gasteiger partial charge in [0.1, 0.15) is 0 Å². The van der Waals surface area contributed by atoms with Gasteiger partial charge in [0.25, 0.3) is 0 Å². The molecular weight excluding hydrogens is 242 g/mol. The van der Waals surface area contributed by atoms with Crippen molar-refractivity contribution in [2.24, 2.45) is 17.6 Å². The molecule has 0 spiro atoms. The van der Waals surface area contributed by atoms with Gasteiger partial charge in [0.15, 0.2) is 0 Å². The summed E-state index contributed by atoms with van der Waals surface area (Å²) in [6.07, 6.45) is 6.51. The van der Waals surface area contributed by atoms with Crippen LogP contribution in [0.15, 0.2) is 18.2 Å². The molecule has 1 aliphatic rings. The number of rotatable bonds is 3. The summed E-state index contributed by atoms with van der Waals surface area (Å²) in [5.41, 5.74) is 8.83. The van der Waals surface area contributed by atoms with E-state index in [1.165, 1.54) is 37.7 Å². The van der Waals surface area contributed by atoms with Crippen LogP contribution < -0.4 is 5.73 Å². The van der Waals surface area contributed by atoms with E-state index in [-0.39, 0.29) is 6.04 Å².